The average molecular weight is 264 g/mol. The summed E-state index contributed by atoms with van der Waals surface area (Å²) >= 11 is 0. The number of carbonyl (C=O) groups is 1. The molecule has 19 heavy (non-hydrogen) atoms. The van der Waals surface area contributed by atoms with Crippen molar-refractivity contribution in [2.45, 2.75) is 6.92 Å². The minimum absolute atomic E-state index is 0.337. The van der Waals surface area contributed by atoms with E-state index < -0.39 is 11.8 Å². The van der Waals surface area contributed by atoms with Crippen molar-refractivity contribution in [2.24, 2.45) is 0 Å². The molecule has 0 aliphatic heterocycles. The van der Waals surface area contributed by atoms with Crippen LogP contribution in [-0.2, 0) is 4.74 Å². The van der Waals surface area contributed by atoms with Crippen LogP contribution >= 0.6 is 0 Å². The van der Waals surface area contributed by atoms with Crippen LogP contribution in [0.15, 0.2) is 28.7 Å². The van der Waals surface area contributed by atoms with Gasteiger partial charge in [0.1, 0.15) is 28.7 Å². The topological polar surface area (TPSA) is 48.7 Å². The highest BCUT2D eigenvalue weighted by molar-refractivity contribution is 5.92. The molecule has 0 aliphatic carbocycles. The van der Waals surface area contributed by atoms with Crippen LogP contribution in [0.4, 0.5) is 4.39 Å². The van der Waals surface area contributed by atoms with E-state index in [-0.39, 0.29) is 0 Å². The molecule has 0 atom stereocenters. The van der Waals surface area contributed by atoms with E-state index in [9.17, 15) is 9.18 Å². The molecule has 0 unspecified atom stereocenters. The number of aryl methyl sites for hydroxylation is 1. The van der Waals surface area contributed by atoms with E-state index >= 15 is 0 Å². The number of benzene rings is 1. The molecule has 0 spiro atoms. The summed E-state index contributed by atoms with van der Waals surface area (Å²) in [6.45, 7) is 1.66. The molecule has 2 rings (SSSR count). The fourth-order valence-electron chi connectivity index (χ4n) is 1.80. The van der Waals surface area contributed by atoms with Crippen molar-refractivity contribution in [3.05, 3.63) is 41.4 Å². The number of halogens is 1. The molecule has 1 aromatic carbocycles. The van der Waals surface area contributed by atoms with Crippen LogP contribution in [0.5, 0.6) is 5.75 Å². The molecule has 0 saturated carbocycles. The SMILES string of the molecule is COC(=O)c1cc(-c2ccc(F)cc2OC)oc1C. The lowest BCUT2D eigenvalue weighted by atomic mass is 10.1. The number of ether oxygens (including phenoxy) is 2. The second-order valence-corrected chi connectivity index (χ2v) is 3.92. The third-order valence-corrected chi connectivity index (χ3v) is 2.75. The monoisotopic (exact) mass is 264 g/mol. The Hall–Kier alpha value is -2.30. The fraction of sp³-hybridized carbons (Fsp3) is 0.214. The zero-order chi connectivity index (χ0) is 14.0. The minimum atomic E-state index is -0.478. The predicted octanol–water partition coefficient (Wildman–Crippen LogP) is 3.19. The summed E-state index contributed by atoms with van der Waals surface area (Å²) in [5.41, 5.74) is 0.908. The molecule has 0 bridgehead atoms. The number of rotatable bonds is 3. The first-order valence-electron chi connectivity index (χ1n) is 5.59. The summed E-state index contributed by atoms with van der Waals surface area (Å²) in [7, 11) is 2.74. The lowest BCUT2D eigenvalue weighted by molar-refractivity contribution is 0.0599. The van der Waals surface area contributed by atoms with E-state index in [0.717, 1.165) is 0 Å². The largest absolute Gasteiger partial charge is 0.496 e. The van der Waals surface area contributed by atoms with Gasteiger partial charge in [-0.3, -0.25) is 0 Å². The molecule has 0 amide bonds. The molecular formula is C14H13FO4. The first-order chi connectivity index (χ1) is 9.06. The smallest absolute Gasteiger partial charge is 0.341 e. The first-order valence-corrected chi connectivity index (χ1v) is 5.59. The second kappa shape index (κ2) is 5.14. The van der Waals surface area contributed by atoms with Gasteiger partial charge in [0.05, 0.1) is 19.8 Å². The van der Waals surface area contributed by atoms with Crippen molar-refractivity contribution in [2.75, 3.05) is 14.2 Å². The summed E-state index contributed by atoms with van der Waals surface area (Å²) in [5.74, 6) is 0.318. The summed E-state index contributed by atoms with van der Waals surface area (Å²) in [5, 5.41) is 0. The highest BCUT2D eigenvalue weighted by Crippen LogP contribution is 2.33. The van der Waals surface area contributed by atoms with E-state index in [1.165, 1.54) is 32.4 Å². The quantitative estimate of drug-likeness (QED) is 0.799. The standard InChI is InChI=1S/C14H13FO4/c1-8-11(14(16)18-3)7-13(19-8)10-5-4-9(15)6-12(10)17-2/h4-7H,1-3H3. The normalized spacial score (nSPS) is 10.3. The highest BCUT2D eigenvalue weighted by Gasteiger charge is 2.18. The molecule has 1 heterocycles. The Morgan fingerprint density at radius 2 is 2.00 bits per heavy atom. The lowest BCUT2D eigenvalue weighted by Crippen LogP contribution is -2.00. The Morgan fingerprint density at radius 1 is 1.26 bits per heavy atom. The molecule has 0 saturated heterocycles. The van der Waals surface area contributed by atoms with Gasteiger partial charge < -0.3 is 13.9 Å². The zero-order valence-corrected chi connectivity index (χ0v) is 10.8. The molecule has 0 aliphatic rings. The summed E-state index contributed by atoms with van der Waals surface area (Å²) in [4.78, 5) is 11.5. The maximum absolute atomic E-state index is 13.1. The van der Waals surface area contributed by atoms with E-state index in [0.29, 0.717) is 28.4 Å². The molecular weight excluding hydrogens is 251 g/mol. The summed E-state index contributed by atoms with van der Waals surface area (Å²) in [6, 6.07) is 5.64. The van der Waals surface area contributed by atoms with Gasteiger partial charge in [0.15, 0.2) is 0 Å². The van der Waals surface area contributed by atoms with Crippen molar-refractivity contribution in [3.8, 4) is 17.1 Å². The molecule has 1 aromatic heterocycles. The van der Waals surface area contributed by atoms with Gasteiger partial charge in [-0.25, -0.2) is 9.18 Å². The fourth-order valence-corrected chi connectivity index (χ4v) is 1.80. The third-order valence-electron chi connectivity index (χ3n) is 2.75. The predicted molar refractivity (Wildman–Crippen MR) is 66.7 cm³/mol. The highest BCUT2D eigenvalue weighted by atomic mass is 19.1. The maximum Gasteiger partial charge on any atom is 0.341 e. The lowest BCUT2D eigenvalue weighted by Gasteiger charge is -2.05. The van der Waals surface area contributed by atoms with Crippen molar-refractivity contribution >= 4 is 5.97 Å². The van der Waals surface area contributed by atoms with Crippen LogP contribution in [-0.4, -0.2) is 20.2 Å². The van der Waals surface area contributed by atoms with Gasteiger partial charge in [-0.2, -0.15) is 0 Å². The molecule has 0 fully saturated rings. The third kappa shape index (κ3) is 2.45. The Labute approximate surface area is 109 Å². The van der Waals surface area contributed by atoms with Crippen molar-refractivity contribution in [1.29, 1.82) is 0 Å². The van der Waals surface area contributed by atoms with Crippen LogP contribution in [0.25, 0.3) is 11.3 Å². The van der Waals surface area contributed by atoms with Gasteiger partial charge in [-0.05, 0) is 25.1 Å². The molecule has 2 aromatic rings. The van der Waals surface area contributed by atoms with Crippen molar-refractivity contribution in [3.63, 3.8) is 0 Å². The van der Waals surface area contributed by atoms with Gasteiger partial charge in [-0.1, -0.05) is 0 Å². The van der Waals surface area contributed by atoms with Crippen LogP contribution in [0.1, 0.15) is 16.1 Å². The Bertz CT molecular complexity index is 616. The van der Waals surface area contributed by atoms with Crippen molar-refractivity contribution < 1.29 is 23.1 Å². The zero-order valence-electron chi connectivity index (χ0n) is 10.8. The molecule has 5 heteroatoms. The van der Waals surface area contributed by atoms with Gasteiger partial charge in [-0.15, -0.1) is 0 Å². The van der Waals surface area contributed by atoms with Crippen LogP contribution in [0.3, 0.4) is 0 Å². The minimum Gasteiger partial charge on any atom is -0.496 e. The maximum atomic E-state index is 13.1. The number of methoxy groups -OCH3 is 2. The van der Waals surface area contributed by atoms with E-state index in [4.69, 9.17) is 9.15 Å². The molecule has 0 radical (unpaired) electrons. The molecule has 4 nitrogen and oxygen atoms in total. The van der Waals surface area contributed by atoms with Gasteiger partial charge in [0, 0.05) is 6.07 Å². The number of hydrogen-bond acceptors (Lipinski definition) is 4. The van der Waals surface area contributed by atoms with Crippen LogP contribution in [0.2, 0.25) is 0 Å². The average Bonchev–Trinajstić information content (AvgIpc) is 2.79. The van der Waals surface area contributed by atoms with Crippen LogP contribution in [0, 0.1) is 12.7 Å². The van der Waals surface area contributed by atoms with Gasteiger partial charge in [0.2, 0.25) is 0 Å². The van der Waals surface area contributed by atoms with Gasteiger partial charge in [0.25, 0.3) is 0 Å². The number of furan rings is 1. The van der Waals surface area contributed by atoms with E-state index in [2.05, 4.69) is 4.74 Å². The first kappa shape index (κ1) is 13.1. The number of carbonyl (C=O) groups excluding carboxylic acids is 1. The Balaban J connectivity index is 2.51. The molecule has 100 valence electrons. The Kier molecular flexibility index (Phi) is 3.55. The van der Waals surface area contributed by atoms with E-state index in [1.54, 1.807) is 13.0 Å². The van der Waals surface area contributed by atoms with Crippen LogP contribution < -0.4 is 4.74 Å². The van der Waals surface area contributed by atoms with Gasteiger partial charge >= 0.3 is 5.97 Å². The molecule has 0 N–H and O–H groups in total. The number of esters is 1. The van der Waals surface area contributed by atoms with Crippen molar-refractivity contribution in [1.82, 2.24) is 0 Å². The summed E-state index contributed by atoms with van der Waals surface area (Å²) in [6.07, 6.45) is 0. The number of hydrogen-bond donors (Lipinski definition) is 0. The van der Waals surface area contributed by atoms with E-state index in [1.807, 2.05) is 0 Å². The Morgan fingerprint density at radius 3 is 2.63 bits per heavy atom. The summed E-state index contributed by atoms with van der Waals surface area (Å²) < 4.78 is 28.4. The second-order valence-electron chi connectivity index (χ2n) is 3.92.